The van der Waals surface area contributed by atoms with Crippen molar-refractivity contribution in [2.75, 3.05) is 32.7 Å². The predicted octanol–water partition coefficient (Wildman–Crippen LogP) is 4.78. The summed E-state index contributed by atoms with van der Waals surface area (Å²) in [5.74, 6) is -2.20. The SMILES string of the molecule is CCCCN1C[C@H](C(=O)N2C[C@@H](C)C(O)(c3ccccc3)[C@@H](C)C2)[C@@H](c2ccc(F)cc2F)C1. The number of carbonyl (C=O) groups excluding carboxylic acids is 1. The minimum absolute atomic E-state index is 0.00142. The van der Waals surface area contributed by atoms with Gasteiger partial charge in [-0.25, -0.2) is 8.78 Å². The molecule has 2 aliphatic heterocycles. The number of nitrogens with zero attached hydrogens (tertiary/aromatic N) is 2. The molecule has 2 saturated heterocycles. The van der Waals surface area contributed by atoms with E-state index in [2.05, 4.69) is 11.8 Å². The molecule has 184 valence electrons. The first-order valence-corrected chi connectivity index (χ1v) is 12.5. The molecular formula is C28H36F2N2O2. The van der Waals surface area contributed by atoms with Crippen molar-refractivity contribution >= 4 is 5.91 Å². The van der Waals surface area contributed by atoms with Crippen molar-refractivity contribution < 1.29 is 18.7 Å². The molecule has 6 heteroatoms. The summed E-state index contributed by atoms with van der Waals surface area (Å²) in [7, 11) is 0. The van der Waals surface area contributed by atoms with Crippen LogP contribution < -0.4 is 0 Å². The number of carbonyl (C=O) groups is 1. The van der Waals surface area contributed by atoms with Crippen molar-refractivity contribution in [1.82, 2.24) is 9.80 Å². The molecule has 2 aromatic carbocycles. The van der Waals surface area contributed by atoms with E-state index in [0.717, 1.165) is 31.0 Å². The number of unbranched alkanes of at least 4 members (excludes halogenated alkanes) is 1. The van der Waals surface area contributed by atoms with Crippen molar-refractivity contribution in [1.29, 1.82) is 0 Å². The number of amides is 1. The van der Waals surface area contributed by atoms with Gasteiger partial charge in [-0.1, -0.05) is 63.6 Å². The number of aliphatic hydroxyl groups is 1. The minimum Gasteiger partial charge on any atom is -0.384 e. The van der Waals surface area contributed by atoms with Gasteiger partial charge in [0.2, 0.25) is 5.91 Å². The molecule has 2 aromatic rings. The Morgan fingerprint density at radius 3 is 2.32 bits per heavy atom. The molecule has 4 nitrogen and oxygen atoms in total. The Morgan fingerprint density at radius 1 is 1.03 bits per heavy atom. The summed E-state index contributed by atoms with van der Waals surface area (Å²) in [6.07, 6.45) is 2.06. The molecule has 34 heavy (non-hydrogen) atoms. The number of rotatable bonds is 6. The fourth-order valence-corrected chi connectivity index (χ4v) is 6.01. The Morgan fingerprint density at radius 2 is 1.71 bits per heavy atom. The van der Waals surface area contributed by atoms with Crippen LogP contribution in [0.3, 0.4) is 0 Å². The zero-order valence-electron chi connectivity index (χ0n) is 20.4. The van der Waals surface area contributed by atoms with Gasteiger partial charge in [-0.3, -0.25) is 4.79 Å². The molecule has 2 fully saturated rings. The molecule has 0 spiro atoms. The number of hydrogen-bond donors (Lipinski definition) is 1. The third-order valence-corrected chi connectivity index (χ3v) is 7.94. The van der Waals surface area contributed by atoms with Crippen LogP contribution in [-0.2, 0) is 10.4 Å². The van der Waals surface area contributed by atoms with Crippen LogP contribution in [0.1, 0.15) is 50.7 Å². The van der Waals surface area contributed by atoms with Gasteiger partial charge >= 0.3 is 0 Å². The fourth-order valence-electron chi connectivity index (χ4n) is 6.01. The minimum atomic E-state index is -1.01. The Bertz CT molecular complexity index is 987. The van der Waals surface area contributed by atoms with Gasteiger partial charge in [0.1, 0.15) is 11.6 Å². The van der Waals surface area contributed by atoms with E-state index in [-0.39, 0.29) is 29.6 Å². The summed E-state index contributed by atoms with van der Waals surface area (Å²) in [6, 6.07) is 13.4. The maximum atomic E-state index is 14.8. The quantitative estimate of drug-likeness (QED) is 0.661. The lowest BCUT2D eigenvalue weighted by molar-refractivity contribution is -0.152. The van der Waals surface area contributed by atoms with Gasteiger partial charge in [-0.15, -0.1) is 0 Å². The largest absolute Gasteiger partial charge is 0.384 e. The summed E-state index contributed by atoms with van der Waals surface area (Å²) in [5.41, 5.74) is 0.279. The molecule has 1 unspecified atom stereocenters. The van der Waals surface area contributed by atoms with Crippen LogP contribution in [0.25, 0.3) is 0 Å². The molecule has 2 aliphatic rings. The average Bonchev–Trinajstić information content (AvgIpc) is 3.24. The van der Waals surface area contributed by atoms with Gasteiger partial charge in [0, 0.05) is 50.0 Å². The summed E-state index contributed by atoms with van der Waals surface area (Å²) < 4.78 is 28.3. The second-order valence-corrected chi connectivity index (χ2v) is 10.2. The normalized spacial score (nSPS) is 30.0. The zero-order chi connectivity index (χ0) is 24.5. The van der Waals surface area contributed by atoms with Crippen molar-refractivity contribution in [3.63, 3.8) is 0 Å². The van der Waals surface area contributed by atoms with Gasteiger partial charge in [0.25, 0.3) is 0 Å². The second kappa shape index (κ2) is 10.1. The number of benzene rings is 2. The van der Waals surface area contributed by atoms with Crippen LogP contribution in [0.5, 0.6) is 0 Å². The second-order valence-electron chi connectivity index (χ2n) is 10.2. The highest BCUT2D eigenvalue weighted by molar-refractivity contribution is 5.81. The van der Waals surface area contributed by atoms with E-state index in [1.807, 2.05) is 49.1 Å². The molecule has 0 bridgehead atoms. The molecule has 0 aliphatic carbocycles. The van der Waals surface area contributed by atoms with E-state index < -0.39 is 17.2 Å². The first kappa shape index (κ1) is 24.8. The van der Waals surface area contributed by atoms with Crippen molar-refractivity contribution in [2.24, 2.45) is 17.8 Å². The van der Waals surface area contributed by atoms with E-state index in [1.54, 1.807) is 0 Å². The van der Waals surface area contributed by atoms with Gasteiger partial charge in [0.05, 0.1) is 11.5 Å². The lowest BCUT2D eigenvalue weighted by Crippen LogP contribution is -2.57. The van der Waals surface area contributed by atoms with Crippen LogP contribution in [0.2, 0.25) is 0 Å². The molecule has 2 heterocycles. The van der Waals surface area contributed by atoms with E-state index in [4.69, 9.17) is 0 Å². The first-order chi connectivity index (χ1) is 16.3. The summed E-state index contributed by atoms with van der Waals surface area (Å²) in [4.78, 5) is 17.9. The number of likely N-dealkylation sites (tertiary alicyclic amines) is 2. The van der Waals surface area contributed by atoms with Crippen molar-refractivity contribution in [3.8, 4) is 0 Å². The van der Waals surface area contributed by atoms with Crippen LogP contribution in [-0.4, -0.2) is 53.5 Å². The highest BCUT2D eigenvalue weighted by Crippen LogP contribution is 2.43. The van der Waals surface area contributed by atoms with Crippen LogP contribution in [0.15, 0.2) is 48.5 Å². The highest BCUT2D eigenvalue weighted by Gasteiger charge is 2.49. The molecule has 0 saturated carbocycles. The highest BCUT2D eigenvalue weighted by atomic mass is 19.1. The average molecular weight is 471 g/mol. The predicted molar refractivity (Wildman–Crippen MR) is 129 cm³/mol. The van der Waals surface area contributed by atoms with E-state index in [9.17, 15) is 18.7 Å². The Balaban J connectivity index is 1.57. The number of hydrogen-bond acceptors (Lipinski definition) is 3. The third-order valence-electron chi connectivity index (χ3n) is 7.94. The maximum absolute atomic E-state index is 14.8. The molecule has 1 N–H and O–H groups in total. The third kappa shape index (κ3) is 4.63. The van der Waals surface area contributed by atoms with Gasteiger partial charge < -0.3 is 14.9 Å². The Kier molecular flexibility index (Phi) is 7.39. The molecule has 0 aromatic heterocycles. The van der Waals surface area contributed by atoms with Crippen molar-refractivity contribution in [3.05, 3.63) is 71.3 Å². The van der Waals surface area contributed by atoms with Crippen LogP contribution in [0, 0.1) is 29.4 Å². The Hall–Kier alpha value is -2.31. The van der Waals surface area contributed by atoms with Crippen LogP contribution >= 0.6 is 0 Å². The maximum Gasteiger partial charge on any atom is 0.227 e. The topological polar surface area (TPSA) is 43.8 Å². The molecule has 0 radical (unpaired) electrons. The monoisotopic (exact) mass is 470 g/mol. The van der Waals surface area contributed by atoms with Gasteiger partial charge in [-0.05, 0) is 30.2 Å². The fraction of sp³-hybridized carbons (Fsp3) is 0.536. The van der Waals surface area contributed by atoms with Crippen molar-refractivity contribution in [2.45, 2.75) is 45.1 Å². The first-order valence-electron chi connectivity index (χ1n) is 12.5. The summed E-state index contributed by atoms with van der Waals surface area (Å²) in [6.45, 7) is 9.01. The lowest BCUT2D eigenvalue weighted by atomic mass is 9.70. The van der Waals surface area contributed by atoms with E-state index >= 15 is 0 Å². The number of halogens is 2. The summed E-state index contributed by atoms with van der Waals surface area (Å²) in [5, 5.41) is 11.6. The van der Waals surface area contributed by atoms with Crippen LogP contribution in [0.4, 0.5) is 8.78 Å². The van der Waals surface area contributed by atoms with Gasteiger partial charge in [0.15, 0.2) is 0 Å². The van der Waals surface area contributed by atoms with Gasteiger partial charge in [-0.2, -0.15) is 0 Å². The number of piperidine rings is 1. The Labute approximate surface area is 201 Å². The smallest absolute Gasteiger partial charge is 0.227 e. The standard InChI is InChI=1S/C28H36F2N2O2/c1-4-5-13-31-17-24(23-12-11-22(29)14-26(23)30)25(18-31)27(33)32-15-19(2)28(34,20(3)16-32)21-9-7-6-8-10-21/h6-12,14,19-20,24-25,34H,4-5,13,15-18H2,1-3H3/t19-,20+,24-,25+,28?/m1/s1. The summed E-state index contributed by atoms with van der Waals surface area (Å²) >= 11 is 0. The van der Waals surface area contributed by atoms with E-state index in [0.29, 0.717) is 31.7 Å². The zero-order valence-corrected chi connectivity index (χ0v) is 20.4. The molecule has 4 rings (SSSR count). The van der Waals surface area contributed by atoms with E-state index in [1.165, 1.54) is 12.1 Å². The lowest BCUT2D eigenvalue weighted by Gasteiger charge is -2.48. The molecular weight excluding hydrogens is 434 g/mol. The molecule has 5 atom stereocenters. The molecule has 1 amide bonds.